The van der Waals surface area contributed by atoms with Crippen LogP contribution in [-0.2, 0) is 0 Å². The third kappa shape index (κ3) is 3.16. The topological polar surface area (TPSA) is 59.3 Å². The predicted octanol–water partition coefficient (Wildman–Crippen LogP) is 4.08. The molecule has 24 heavy (non-hydrogen) atoms. The van der Waals surface area contributed by atoms with Crippen molar-refractivity contribution in [2.75, 3.05) is 0 Å². The number of hydrogen-bond donors (Lipinski definition) is 1. The fourth-order valence-corrected chi connectivity index (χ4v) is 2.60. The molecule has 1 N–H and O–H groups in total. The van der Waals surface area contributed by atoms with Gasteiger partial charge in [-0.15, -0.1) is 0 Å². The van der Waals surface area contributed by atoms with Crippen molar-refractivity contribution in [1.29, 1.82) is 0 Å². The Morgan fingerprint density at radius 3 is 2.62 bits per heavy atom. The van der Waals surface area contributed by atoms with E-state index in [2.05, 4.69) is 5.32 Å². The minimum atomic E-state index is -0.764. The lowest BCUT2D eigenvalue weighted by atomic mass is 10.1. The summed E-state index contributed by atoms with van der Waals surface area (Å²) < 4.78 is 18.1. The van der Waals surface area contributed by atoms with Crippen LogP contribution < -0.4 is 10.9 Å². The Hall–Kier alpha value is -2.66. The molecule has 0 aliphatic carbocycles. The molecule has 0 spiro atoms. The van der Waals surface area contributed by atoms with E-state index >= 15 is 0 Å². The van der Waals surface area contributed by atoms with Gasteiger partial charge in [-0.1, -0.05) is 35.9 Å². The van der Waals surface area contributed by atoms with Gasteiger partial charge in [-0.3, -0.25) is 4.79 Å². The third-order valence-corrected chi connectivity index (χ3v) is 3.97. The first-order valence-electron chi connectivity index (χ1n) is 7.24. The van der Waals surface area contributed by atoms with Gasteiger partial charge in [-0.05, 0) is 36.8 Å². The molecule has 2 aromatic carbocycles. The van der Waals surface area contributed by atoms with Gasteiger partial charge < -0.3 is 9.73 Å². The van der Waals surface area contributed by atoms with Crippen LogP contribution in [-0.4, -0.2) is 5.91 Å². The Morgan fingerprint density at radius 1 is 1.21 bits per heavy atom. The highest BCUT2D eigenvalue weighted by Crippen LogP contribution is 2.22. The lowest BCUT2D eigenvalue weighted by molar-refractivity contribution is 0.0936. The van der Waals surface area contributed by atoms with Gasteiger partial charge in [0.2, 0.25) is 0 Å². The third-order valence-electron chi connectivity index (χ3n) is 3.67. The second-order valence-electron chi connectivity index (χ2n) is 5.35. The maximum Gasteiger partial charge on any atom is 0.349 e. The lowest BCUT2D eigenvalue weighted by Gasteiger charge is -2.14. The summed E-state index contributed by atoms with van der Waals surface area (Å²) in [4.78, 5) is 24.4. The fourth-order valence-electron chi connectivity index (χ4n) is 2.38. The van der Waals surface area contributed by atoms with Crippen molar-refractivity contribution >= 4 is 28.5 Å². The van der Waals surface area contributed by atoms with Crippen LogP contribution in [0, 0.1) is 5.82 Å². The van der Waals surface area contributed by atoms with Crippen LogP contribution in [0.2, 0.25) is 5.02 Å². The van der Waals surface area contributed by atoms with E-state index in [9.17, 15) is 14.0 Å². The molecule has 4 nitrogen and oxygen atoms in total. The minimum Gasteiger partial charge on any atom is -0.421 e. The van der Waals surface area contributed by atoms with Gasteiger partial charge in [0.25, 0.3) is 5.91 Å². The lowest BCUT2D eigenvalue weighted by Crippen LogP contribution is -2.30. The molecule has 3 rings (SSSR count). The second-order valence-corrected chi connectivity index (χ2v) is 5.76. The van der Waals surface area contributed by atoms with E-state index in [4.69, 9.17) is 16.0 Å². The average molecular weight is 346 g/mol. The molecule has 0 bridgehead atoms. The molecule has 0 radical (unpaired) electrons. The number of halogens is 2. The quantitative estimate of drug-likeness (QED) is 0.728. The first-order chi connectivity index (χ1) is 11.5. The number of para-hydroxylation sites is 1. The number of amides is 1. The number of hydrogen-bond acceptors (Lipinski definition) is 3. The smallest absolute Gasteiger partial charge is 0.349 e. The molecule has 0 saturated carbocycles. The molecule has 0 unspecified atom stereocenters. The number of fused-ring (bicyclic) bond motifs is 1. The summed E-state index contributed by atoms with van der Waals surface area (Å²) >= 11 is 5.97. The standard InChI is InChI=1S/C18H13ClFNO3/c1-10(11-5-7-13(20)8-6-11)21-17(22)14-9-12-3-2-4-15(19)16(12)24-18(14)23/h2-10H,1H3,(H,21,22)/t10-/m0/s1. The molecule has 0 aliphatic heterocycles. The molecule has 0 aliphatic rings. The average Bonchev–Trinajstić information content (AvgIpc) is 2.55. The zero-order valence-corrected chi connectivity index (χ0v) is 13.4. The summed E-state index contributed by atoms with van der Waals surface area (Å²) in [6.45, 7) is 1.74. The molecule has 3 aromatic rings. The largest absolute Gasteiger partial charge is 0.421 e. The van der Waals surface area contributed by atoms with Crippen molar-refractivity contribution in [2.45, 2.75) is 13.0 Å². The van der Waals surface area contributed by atoms with Gasteiger partial charge in [0, 0.05) is 5.39 Å². The summed E-state index contributed by atoms with van der Waals surface area (Å²) in [5, 5.41) is 3.56. The Morgan fingerprint density at radius 2 is 1.92 bits per heavy atom. The molecule has 6 heteroatoms. The molecule has 122 valence electrons. The van der Waals surface area contributed by atoms with Crippen molar-refractivity contribution in [3.63, 3.8) is 0 Å². The molecule has 0 saturated heterocycles. The van der Waals surface area contributed by atoms with E-state index in [0.717, 1.165) is 5.56 Å². The molecular formula is C18H13ClFNO3. The summed E-state index contributed by atoms with van der Waals surface area (Å²) in [6, 6.07) is 11.8. The van der Waals surface area contributed by atoms with E-state index in [1.54, 1.807) is 37.3 Å². The predicted molar refractivity (Wildman–Crippen MR) is 89.8 cm³/mol. The van der Waals surface area contributed by atoms with Crippen LogP contribution >= 0.6 is 11.6 Å². The normalized spacial score (nSPS) is 12.1. The number of carbonyl (C=O) groups excluding carboxylic acids is 1. The zero-order valence-electron chi connectivity index (χ0n) is 12.7. The first kappa shape index (κ1) is 16.2. The van der Waals surface area contributed by atoms with Crippen molar-refractivity contribution in [1.82, 2.24) is 5.32 Å². The van der Waals surface area contributed by atoms with E-state index in [0.29, 0.717) is 10.4 Å². The number of nitrogens with one attached hydrogen (secondary N) is 1. The summed E-state index contributed by atoms with van der Waals surface area (Å²) in [5.41, 5.74) is 0.0865. The van der Waals surface area contributed by atoms with Crippen molar-refractivity contribution < 1.29 is 13.6 Å². The van der Waals surface area contributed by atoms with Crippen LogP contribution in [0.5, 0.6) is 0 Å². The zero-order chi connectivity index (χ0) is 17.3. The van der Waals surface area contributed by atoms with E-state index < -0.39 is 17.6 Å². The van der Waals surface area contributed by atoms with Gasteiger partial charge in [0.15, 0.2) is 5.58 Å². The first-order valence-corrected chi connectivity index (χ1v) is 7.62. The number of rotatable bonds is 3. The van der Waals surface area contributed by atoms with Crippen molar-refractivity contribution in [3.05, 3.63) is 80.9 Å². The van der Waals surface area contributed by atoms with Crippen LogP contribution in [0.3, 0.4) is 0 Å². The van der Waals surface area contributed by atoms with Crippen LogP contribution in [0.4, 0.5) is 4.39 Å². The number of benzene rings is 2. The molecule has 1 heterocycles. The van der Waals surface area contributed by atoms with Crippen LogP contribution in [0.15, 0.2) is 57.7 Å². The van der Waals surface area contributed by atoms with Gasteiger partial charge in [0.05, 0.1) is 11.1 Å². The maximum absolute atomic E-state index is 13.0. The highest BCUT2D eigenvalue weighted by molar-refractivity contribution is 6.34. The van der Waals surface area contributed by atoms with E-state index in [1.807, 2.05) is 0 Å². The molecule has 1 aromatic heterocycles. The Bertz CT molecular complexity index is 966. The number of carbonyl (C=O) groups is 1. The maximum atomic E-state index is 13.0. The van der Waals surface area contributed by atoms with E-state index in [-0.39, 0.29) is 17.0 Å². The van der Waals surface area contributed by atoms with Gasteiger partial charge in [-0.25, -0.2) is 9.18 Å². The molecular weight excluding hydrogens is 333 g/mol. The van der Waals surface area contributed by atoms with Gasteiger partial charge in [-0.2, -0.15) is 0 Å². The van der Waals surface area contributed by atoms with Gasteiger partial charge >= 0.3 is 5.63 Å². The van der Waals surface area contributed by atoms with Crippen LogP contribution in [0.25, 0.3) is 11.0 Å². The highest BCUT2D eigenvalue weighted by Gasteiger charge is 2.17. The monoisotopic (exact) mass is 345 g/mol. The molecule has 0 fully saturated rings. The van der Waals surface area contributed by atoms with E-state index in [1.165, 1.54) is 18.2 Å². The Labute approximate surface area is 141 Å². The fraction of sp³-hybridized carbons (Fsp3) is 0.111. The van der Waals surface area contributed by atoms with Crippen LogP contribution in [0.1, 0.15) is 28.9 Å². The minimum absolute atomic E-state index is 0.112. The second kappa shape index (κ2) is 6.45. The highest BCUT2D eigenvalue weighted by atomic mass is 35.5. The Kier molecular flexibility index (Phi) is 4.36. The van der Waals surface area contributed by atoms with Crippen molar-refractivity contribution in [2.24, 2.45) is 0 Å². The molecule has 1 amide bonds. The summed E-state index contributed by atoms with van der Waals surface area (Å²) in [7, 11) is 0. The summed E-state index contributed by atoms with van der Waals surface area (Å²) in [6.07, 6.45) is 0. The van der Waals surface area contributed by atoms with Crippen molar-refractivity contribution in [3.8, 4) is 0 Å². The molecule has 1 atom stereocenters. The Balaban J connectivity index is 1.90. The summed E-state index contributed by atoms with van der Waals surface area (Å²) in [5.74, 6) is -0.924. The SMILES string of the molecule is C[C@H](NC(=O)c1cc2cccc(Cl)c2oc1=O)c1ccc(F)cc1. The van der Waals surface area contributed by atoms with Gasteiger partial charge in [0.1, 0.15) is 11.4 Å².